The predicted octanol–water partition coefficient (Wildman–Crippen LogP) is 4.46. The summed E-state index contributed by atoms with van der Waals surface area (Å²) in [7, 11) is 0. The van der Waals surface area contributed by atoms with E-state index in [9.17, 15) is 9.59 Å². The minimum Gasteiger partial charge on any atom is -0.491 e. The van der Waals surface area contributed by atoms with E-state index >= 15 is 0 Å². The van der Waals surface area contributed by atoms with Crippen molar-refractivity contribution >= 4 is 23.2 Å². The highest BCUT2D eigenvalue weighted by molar-refractivity contribution is 7.10. The first-order valence-electron chi connectivity index (χ1n) is 10.7. The topological polar surface area (TPSA) is 49.9 Å². The number of carbonyl (C=O) groups excluding carboxylic acids is 2. The lowest BCUT2D eigenvalue weighted by molar-refractivity contribution is -0.143. The molecule has 3 rings (SSSR count). The molecule has 30 heavy (non-hydrogen) atoms. The zero-order valence-electron chi connectivity index (χ0n) is 18.4. The van der Waals surface area contributed by atoms with E-state index in [0.29, 0.717) is 26.1 Å². The molecule has 1 aromatic carbocycles. The van der Waals surface area contributed by atoms with Crippen molar-refractivity contribution in [3.8, 4) is 5.75 Å². The molecule has 2 amide bonds. The first-order valence-corrected chi connectivity index (χ1v) is 11.6. The molecule has 1 aromatic heterocycles. The van der Waals surface area contributed by atoms with Gasteiger partial charge in [-0.2, -0.15) is 0 Å². The maximum absolute atomic E-state index is 13.3. The molecule has 5 nitrogen and oxygen atoms in total. The number of hydrogen-bond donors (Lipinski definition) is 0. The lowest BCUT2D eigenvalue weighted by atomic mass is 10.00. The highest BCUT2D eigenvalue weighted by Crippen LogP contribution is 2.34. The summed E-state index contributed by atoms with van der Waals surface area (Å²) in [5, 5.41) is 2.09. The van der Waals surface area contributed by atoms with E-state index in [0.717, 1.165) is 17.7 Å². The Hall–Kier alpha value is -2.34. The van der Waals surface area contributed by atoms with Crippen LogP contribution >= 0.6 is 11.3 Å². The summed E-state index contributed by atoms with van der Waals surface area (Å²) in [4.78, 5) is 30.7. The van der Waals surface area contributed by atoms with Gasteiger partial charge in [-0.3, -0.25) is 9.59 Å². The molecule has 2 heterocycles. The van der Waals surface area contributed by atoms with E-state index in [-0.39, 0.29) is 30.3 Å². The summed E-state index contributed by atoms with van der Waals surface area (Å²) >= 11 is 1.74. The van der Waals surface area contributed by atoms with Crippen molar-refractivity contribution in [3.05, 3.63) is 51.7 Å². The smallest absolute Gasteiger partial charge is 0.242 e. The highest BCUT2D eigenvalue weighted by atomic mass is 32.1. The van der Waals surface area contributed by atoms with Crippen LogP contribution in [0.2, 0.25) is 0 Å². The van der Waals surface area contributed by atoms with E-state index in [1.807, 2.05) is 56.9 Å². The Balaban J connectivity index is 1.75. The Morgan fingerprint density at radius 1 is 1.27 bits per heavy atom. The van der Waals surface area contributed by atoms with Crippen molar-refractivity contribution in [2.45, 2.75) is 46.6 Å². The van der Waals surface area contributed by atoms with Crippen molar-refractivity contribution in [3.63, 3.8) is 0 Å². The fourth-order valence-corrected chi connectivity index (χ4v) is 4.80. The van der Waals surface area contributed by atoms with Crippen LogP contribution in [0.4, 0.5) is 0 Å². The zero-order valence-corrected chi connectivity index (χ0v) is 19.2. The minimum absolute atomic E-state index is 0.0100. The summed E-state index contributed by atoms with van der Waals surface area (Å²) in [6.45, 7) is 9.73. The Bertz CT molecular complexity index is 877. The van der Waals surface area contributed by atoms with Gasteiger partial charge in [0, 0.05) is 24.4 Å². The molecule has 0 radical (unpaired) electrons. The number of hydrogen-bond acceptors (Lipinski definition) is 4. The van der Waals surface area contributed by atoms with Gasteiger partial charge in [0.25, 0.3) is 0 Å². The monoisotopic (exact) mass is 428 g/mol. The van der Waals surface area contributed by atoms with Gasteiger partial charge in [0.1, 0.15) is 12.4 Å². The zero-order chi connectivity index (χ0) is 21.7. The molecule has 0 fully saturated rings. The van der Waals surface area contributed by atoms with Crippen molar-refractivity contribution in [2.75, 3.05) is 26.2 Å². The molecular formula is C24H32N2O3S. The molecule has 0 spiro atoms. The molecule has 0 saturated heterocycles. The largest absolute Gasteiger partial charge is 0.491 e. The third kappa shape index (κ3) is 5.22. The molecule has 6 heteroatoms. The number of para-hydroxylation sites is 1. The van der Waals surface area contributed by atoms with E-state index in [1.165, 1.54) is 10.4 Å². The van der Waals surface area contributed by atoms with Gasteiger partial charge in [-0.05, 0) is 54.8 Å². The second kappa shape index (κ2) is 10.1. The Morgan fingerprint density at radius 2 is 2.03 bits per heavy atom. The maximum atomic E-state index is 13.3. The van der Waals surface area contributed by atoms with Gasteiger partial charge in [-0.15, -0.1) is 11.3 Å². The molecule has 2 aromatic rings. The number of likely N-dealkylation sites (N-methyl/N-ethyl adjacent to an activating group) is 1. The van der Waals surface area contributed by atoms with Gasteiger partial charge in [0.05, 0.1) is 12.6 Å². The molecule has 0 saturated carbocycles. The van der Waals surface area contributed by atoms with Crippen LogP contribution in [0.1, 0.15) is 49.2 Å². The molecule has 0 N–H and O–H groups in total. The molecule has 162 valence electrons. The number of rotatable bonds is 8. The van der Waals surface area contributed by atoms with Crippen LogP contribution in [-0.2, 0) is 16.0 Å². The standard InChI is InChI=1S/C24H32N2O3S/c1-5-25(23(27)14-17(2)3)15-24(28)26-12-10-22-19(11-13-30-22)20(26)16-29-21-9-7-6-8-18(21)4/h6-9,11,13,17,20H,5,10,12,14-16H2,1-4H3/t20-/m0/s1. The number of thiophene rings is 1. The first-order chi connectivity index (χ1) is 14.4. The summed E-state index contributed by atoms with van der Waals surface area (Å²) in [5.41, 5.74) is 2.25. The van der Waals surface area contributed by atoms with E-state index < -0.39 is 0 Å². The third-order valence-electron chi connectivity index (χ3n) is 5.55. The Morgan fingerprint density at radius 3 is 2.73 bits per heavy atom. The molecule has 0 aliphatic carbocycles. The SMILES string of the molecule is CCN(CC(=O)N1CCc2sccc2[C@@H]1COc1ccccc1C)C(=O)CC(C)C. The average Bonchev–Trinajstić information content (AvgIpc) is 3.19. The van der Waals surface area contributed by atoms with E-state index in [4.69, 9.17) is 4.74 Å². The fourth-order valence-electron chi connectivity index (χ4n) is 3.87. The van der Waals surface area contributed by atoms with Gasteiger partial charge in [0.15, 0.2) is 0 Å². The van der Waals surface area contributed by atoms with E-state index in [1.54, 1.807) is 16.2 Å². The van der Waals surface area contributed by atoms with Crippen molar-refractivity contribution in [1.82, 2.24) is 9.80 Å². The lowest BCUT2D eigenvalue weighted by Gasteiger charge is -2.37. The summed E-state index contributed by atoms with van der Waals surface area (Å²) in [5.74, 6) is 1.15. The van der Waals surface area contributed by atoms with Crippen molar-refractivity contribution < 1.29 is 14.3 Å². The number of nitrogens with zero attached hydrogens (tertiary/aromatic N) is 2. The van der Waals surface area contributed by atoms with Crippen LogP contribution < -0.4 is 4.74 Å². The second-order valence-corrected chi connectivity index (χ2v) is 9.24. The van der Waals surface area contributed by atoms with Crippen LogP contribution in [0, 0.1) is 12.8 Å². The average molecular weight is 429 g/mol. The number of amides is 2. The van der Waals surface area contributed by atoms with Gasteiger partial charge in [-0.1, -0.05) is 32.0 Å². The minimum atomic E-state index is -0.133. The number of aryl methyl sites for hydroxylation is 1. The summed E-state index contributed by atoms with van der Waals surface area (Å²) in [6.07, 6.45) is 1.32. The predicted molar refractivity (Wildman–Crippen MR) is 121 cm³/mol. The molecule has 0 bridgehead atoms. The Labute approximate surface area is 183 Å². The first kappa shape index (κ1) is 22.3. The van der Waals surface area contributed by atoms with Gasteiger partial charge in [0.2, 0.25) is 11.8 Å². The highest BCUT2D eigenvalue weighted by Gasteiger charge is 2.33. The van der Waals surface area contributed by atoms with Gasteiger partial charge < -0.3 is 14.5 Å². The maximum Gasteiger partial charge on any atom is 0.242 e. The summed E-state index contributed by atoms with van der Waals surface area (Å²) < 4.78 is 6.14. The fraction of sp³-hybridized carbons (Fsp3) is 0.500. The normalized spacial score (nSPS) is 15.8. The van der Waals surface area contributed by atoms with Crippen LogP contribution in [0.5, 0.6) is 5.75 Å². The van der Waals surface area contributed by atoms with Crippen molar-refractivity contribution in [2.24, 2.45) is 5.92 Å². The molecule has 0 unspecified atom stereocenters. The Kier molecular flexibility index (Phi) is 7.53. The quantitative estimate of drug-likeness (QED) is 0.624. The van der Waals surface area contributed by atoms with Gasteiger partial charge >= 0.3 is 0 Å². The number of carbonyl (C=O) groups is 2. The van der Waals surface area contributed by atoms with Crippen LogP contribution in [0.25, 0.3) is 0 Å². The van der Waals surface area contributed by atoms with Crippen LogP contribution in [0.15, 0.2) is 35.7 Å². The number of fused-ring (bicyclic) bond motifs is 1. The lowest BCUT2D eigenvalue weighted by Crippen LogP contribution is -2.47. The van der Waals surface area contributed by atoms with Crippen LogP contribution in [0.3, 0.4) is 0 Å². The second-order valence-electron chi connectivity index (χ2n) is 8.23. The van der Waals surface area contributed by atoms with Gasteiger partial charge in [-0.25, -0.2) is 0 Å². The van der Waals surface area contributed by atoms with Crippen molar-refractivity contribution in [1.29, 1.82) is 0 Å². The molecule has 1 aliphatic rings. The van der Waals surface area contributed by atoms with E-state index in [2.05, 4.69) is 11.4 Å². The van der Waals surface area contributed by atoms with Crippen LogP contribution in [-0.4, -0.2) is 47.9 Å². The number of benzene rings is 1. The summed E-state index contributed by atoms with van der Waals surface area (Å²) in [6, 6.07) is 9.90. The molecule has 1 atom stereocenters. The molecule has 1 aliphatic heterocycles. The third-order valence-corrected chi connectivity index (χ3v) is 6.55. The number of ether oxygens (including phenoxy) is 1. The molecular weight excluding hydrogens is 396 g/mol.